The molecule has 94 valence electrons. The van der Waals surface area contributed by atoms with Gasteiger partial charge in [0.25, 0.3) is 5.91 Å². The lowest BCUT2D eigenvalue weighted by molar-refractivity contribution is -0.140. The summed E-state index contributed by atoms with van der Waals surface area (Å²) < 4.78 is 0.773. The van der Waals surface area contributed by atoms with Crippen LogP contribution in [-0.4, -0.2) is 16.8 Å². The lowest BCUT2D eigenvalue weighted by Crippen LogP contribution is -2.36. The van der Waals surface area contributed by atoms with Crippen molar-refractivity contribution in [3.63, 3.8) is 0 Å². The largest absolute Gasteiger partial charge is 0.375 e. The minimum atomic E-state index is -1.71. The molecule has 1 unspecified atom stereocenters. The molecule has 18 heavy (non-hydrogen) atoms. The molecule has 1 atom stereocenters. The Labute approximate surface area is 113 Å². The quantitative estimate of drug-likeness (QED) is 0.897. The van der Waals surface area contributed by atoms with E-state index in [0.29, 0.717) is 11.3 Å². The second-order valence-corrected chi connectivity index (χ2v) is 5.84. The van der Waals surface area contributed by atoms with E-state index in [4.69, 9.17) is 0 Å². The minimum absolute atomic E-state index is 0.0273. The van der Waals surface area contributed by atoms with Crippen LogP contribution in [0, 0.1) is 5.92 Å². The van der Waals surface area contributed by atoms with E-state index in [-0.39, 0.29) is 18.1 Å². The summed E-state index contributed by atoms with van der Waals surface area (Å²) >= 11 is 3.31. The van der Waals surface area contributed by atoms with Gasteiger partial charge in [0.15, 0.2) is 5.60 Å². The van der Waals surface area contributed by atoms with Gasteiger partial charge in [-0.05, 0) is 31.0 Å². The number of hydrogen-bond donors (Lipinski definition) is 2. The monoisotopic (exact) mass is 309 g/mol. The summed E-state index contributed by atoms with van der Waals surface area (Å²) in [6.07, 6.45) is 1.62. The molecule has 1 aromatic rings. The van der Waals surface area contributed by atoms with Gasteiger partial charge in [0, 0.05) is 28.1 Å². The number of halogens is 1. The van der Waals surface area contributed by atoms with Gasteiger partial charge in [-0.25, -0.2) is 0 Å². The molecule has 1 amide bonds. The molecule has 0 radical (unpaired) electrons. The number of aliphatic hydroxyl groups is 1. The number of carbonyl (C=O) groups is 2. The molecular formula is C13H12BrNO3. The molecule has 1 fully saturated rings. The van der Waals surface area contributed by atoms with Crippen LogP contribution in [0.25, 0.3) is 0 Å². The number of benzene rings is 1. The van der Waals surface area contributed by atoms with Crippen molar-refractivity contribution in [2.24, 2.45) is 5.92 Å². The molecule has 1 saturated carbocycles. The summed E-state index contributed by atoms with van der Waals surface area (Å²) in [7, 11) is 0. The van der Waals surface area contributed by atoms with Crippen molar-refractivity contribution < 1.29 is 14.7 Å². The molecule has 2 N–H and O–H groups in total. The first kappa shape index (κ1) is 11.9. The summed E-state index contributed by atoms with van der Waals surface area (Å²) in [6.45, 7) is 0. The van der Waals surface area contributed by atoms with E-state index in [1.54, 1.807) is 18.2 Å². The summed E-state index contributed by atoms with van der Waals surface area (Å²) in [5.74, 6) is -0.497. The first-order chi connectivity index (χ1) is 8.50. The van der Waals surface area contributed by atoms with Crippen LogP contribution in [0.5, 0.6) is 0 Å². The number of ketones is 1. The molecule has 5 heteroatoms. The van der Waals surface area contributed by atoms with Crippen molar-refractivity contribution in [1.29, 1.82) is 0 Å². The summed E-state index contributed by atoms with van der Waals surface area (Å²) in [6, 6.07) is 5.19. The van der Waals surface area contributed by atoms with Crippen LogP contribution in [0.15, 0.2) is 22.7 Å². The number of amides is 1. The van der Waals surface area contributed by atoms with Gasteiger partial charge in [-0.2, -0.15) is 0 Å². The highest BCUT2D eigenvalue weighted by Gasteiger charge is 2.48. The van der Waals surface area contributed by atoms with Crippen molar-refractivity contribution in [1.82, 2.24) is 0 Å². The van der Waals surface area contributed by atoms with Crippen LogP contribution < -0.4 is 5.32 Å². The highest BCUT2D eigenvalue weighted by atomic mass is 79.9. The van der Waals surface area contributed by atoms with Crippen molar-refractivity contribution in [3.05, 3.63) is 28.2 Å². The predicted molar refractivity (Wildman–Crippen MR) is 69.0 cm³/mol. The maximum absolute atomic E-state index is 11.9. The van der Waals surface area contributed by atoms with E-state index in [9.17, 15) is 14.7 Å². The van der Waals surface area contributed by atoms with E-state index in [1.807, 2.05) is 0 Å². The molecule has 1 aromatic carbocycles. The zero-order valence-corrected chi connectivity index (χ0v) is 11.2. The second kappa shape index (κ2) is 3.90. The molecule has 2 aliphatic rings. The lowest BCUT2D eigenvalue weighted by Gasteiger charge is -2.20. The normalized spacial score (nSPS) is 25.8. The van der Waals surface area contributed by atoms with Crippen molar-refractivity contribution in [3.8, 4) is 0 Å². The smallest absolute Gasteiger partial charge is 0.261 e. The topological polar surface area (TPSA) is 66.4 Å². The van der Waals surface area contributed by atoms with Gasteiger partial charge in [0.2, 0.25) is 0 Å². The molecule has 3 rings (SSSR count). The third-order valence-corrected chi connectivity index (χ3v) is 4.01. The molecule has 1 heterocycles. The van der Waals surface area contributed by atoms with E-state index in [1.165, 1.54) is 0 Å². The van der Waals surface area contributed by atoms with Gasteiger partial charge in [0.05, 0.1) is 0 Å². The van der Waals surface area contributed by atoms with Crippen LogP contribution in [0.2, 0.25) is 0 Å². The standard InChI is InChI=1S/C13H12BrNO3/c14-8-3-4-10-9(5-8)13(18,12(17)15-10)6-11(16)7-1-2-7/h3-5,7,18H,1-2,6H2,(H,15,17). The average Bonchev–Trinajstić information content (AvgIpc) is 3.11. The molecule has 0 spiro atoms. The van der Waals surface area contributed by atoms with Gasteiger partial charge in [0.1, 0.15) is 5.78 Å². The van der Waals surface area contributed by atoms with Gasteiger partial charge in [-0.15, -0.1) is 0 Å². The van der Waals surface area contributed by atoms with Gasteiger partial charge in [-0.3, -0.25) is 9.59 Å². The molecule has 0 saturated heterocycles. The summed E-state index contributed by atoms with van der Waals surface area (Å²) in [5.41, 5.74) is -0.649. The fraction of sp³-hybridized carbons (Fsp3) is 0.385. The number of anilines is 1. The highest BCUT2D eigenvalue weighted by Crippen LogP contribution is 2.42. The van der Waals surface area contributed by atoms with Gasteiger partial charge < -0.3 is 10.4 Å². The zero-order chi connectivity index (χ0) is 12.9. The van der Waals surface area contributed by atoms with E-state index < -0.39 is 11.5 Å². The number of Topliss-reactive ketones (excluding diaryl/α,β-unsaturated/α-hetero) is 1. The maximum Gasteiger partial charge on any atom is 0.261 e. The van der Waals surface area contributed by atoms with E-state index in [0.717, 1.165) is 17.3 Å². The molecular weight excluding hydrogens is 298 g/mol. The first-order valence-electron chi connectivity index (χ1n) is 5.87. The number of hydrogen-bond acceptors (Lipinski definition) is 3. The Kier molecular flexibility index (Phi) is 2.57. The first-order valence-corrected chi connectivity index (χ1v) is 6.66. The Hall–Kier alpha value is -1.20. The van der Waals surface area contributed by atoms with Crippen LogP contribution in [0.4, 0.5) is 5.69 Å². The van der Waals surface area contributed by atoms with Crippen LogP contribution in [-0.2, 0) is 15.2 Å². The van der Waals surface area contributed by atoms with Crippen LogP contribution in [0.1, 0.15) is 24.8 Å². The lowest BCUT2D eigenvalue weighted by atomic mass is 9.89. The molecule has 4 nitrogen and oxygen atoms in total. The number of nitrogens with one attached hydrogen (secondary N) is 1. The number of fused-ring (bicyclic) bond motifs is 1. The van der Waals surface area contributed by atoms with Crippen LogP contribution >= 0.6 is 15.9 Å². The second-order valence-electron chi connectivity index (χ2n) is 4.92. The van der Waals surface area contributed by atoms with Crippen LogP contribution in [0.3, 0.4) is 0 Å². The molecule has 1 aliphatic carbocycles. The summed E-state index contributed by atoms with van der Waals surface area (Å²) in [4.78, 5) is 23.8. The van der Waals surface area contributed by atoms with E-state index in [2.05, 4.69) is 21.2 Å². The summed E-state index contributed by atoms with van der Waals surface area (Å²) in [5, 5.41) is 13.1. The van der Waals surface area contributed by atoms with Crippen molar-refractivity contribution >= 4 is 33.3 Å². The Bertz CT molecular complexity index is 553. The predicted octanol–water partition coefficient (Wildman–Crippen LogP) is 1.96. The Morgan fingerprint density at radius 1 is 1.50 bits per heavy atom. The average molecular weight is 310 g/mol. The van der Waals surface area contributed by atoms with Crippen molar-refractivity contribution in [2.75, 3.05) is 5.32 Å². The molecule has 0 aromatic heterocycles. The highest BCUT2D eigenvalue weighted by molar-refractivity contribution is 9.10. The number of carbonyl (C=O) groups excluding carboxylic acids is 2. The zero-order valence-electron chi connectivity index (χ0n) is 9.57. The Morgan fingerprint density at radius 3 is 2.89 bits per heavy atom. The Balaban J connectivity index is 1.97. The fourth-order valence-corrected chi connectivity index (χ4v) is 2.65. The minimum Gasteiger partial charge on any atom is -0.375 e. The van der Waals surface area contributed by atoms with Gasteiger partial charge >= 0.3 is 0 Å². The Morgan fingerprint density at radius 2 is 2.22 bits per heavy atom. The van der Waals surface area contributed by atoms with Crippen molar-refractivity contribution in [2.45, 2.75) is 24.9 Å². The third-order valence-electron chi connectivity index (χ3n) is 3.51. The molecule has 0 bridgehead atoms. The fourth-order valence-electron chi connectivity index (χ4n) is 2.29. The maximum atomic E-state index is 11.9. The van der Waals surface area contributed by atoms with Gasteiger partial charge in [-0.1, -0.05) is 15.9 Å². The third kappa shape index (κ3) is 1.78. The van der Waals surface area contributed by atoms with E-state index >= 15 is 0 Å². The number of rotatable bonds is 3. The molecule has 1 aliphatic heterocycles. The SMILES string of the molecule is O=C(CC1(O)C(=O)Nc2ccc(Br)cc21)C1CC1.